The molecule has 3 aliphatic heterocycles. The number of anilines is 1. The summed E-state index contributed by atoms with van der Waals surface area (Å²) in [6, 6.07) is 12.3. The molecule has 4 fully saturated rings. The number of hydrogen-bond acceptors (Lipinski definition) is 20. The number of carbonyl (C=O) groups excluding carboxylic acids is 1. The van der Waals surface area contributed by atoms with Gasteiger partial charge in [-0.1, -0.05) is 128 Å². The molecule has 0 spiro atoms. The van der Waals surface area contributed by atoms with Crippen LogP contribution in [0.3, 0.4) is 0 Å². The molecule has 1 saturated carbocycles. The molecule has 7 aromatic rings. The molecule has 3 N–H and O–H groups in total. The van der Waals surface area contributed by atoms with Crippen LogP contribution in [0.15, 0.2) is 81.4 Å². The third-order valence-electron chi connectivity index (χ3n) is 17.8. The van der Waals surface area contributed by atoms with E-state index in [1.54, 1.807) is 60.9 Å². The quantitative estimate of drug-likeness (QED) is 0.0652. The maximum atomic E-state index is 13.5. The number of phenolic OH excluding ortho intramolecular Hbond substituents is 1. The Labute approximate surface area is 614 Å². The van der Waals surface area contributed by atoms with Crippen LogP contribution >= 0.6 is 46.4 Å². The first-order valence-electron chi connectivity index (χ1n) is 33.6. The van der Waals surface area contributed by atoms with Gasteiger partial charge in [-0.2, -0.15) is 0 Å². The lowest BCUT2D eigenvalue weighted by Gasteiger charge is -2.33. The topological polar surface area (TPSA) is 297 Å². The van der Waals surface area contributed by atoms with Gasteiger partial charge in [-0.15, -0.1) is 0 Å². The maximum absolute atomic E-state index is 13.5. The molecule has 1 aliphatic carbocycles. The van der Waals surface area contributed by atoms with E-state index >= 15 is 0 Å². The average molecular weight is 1590 g/mol. The number of aromatic hydroxyl groups is 1. The molecule has 3 aromatic heterocycles. The average Bonchev–Trinajstić information content (AvgIpc) is 1.58. The predicted octanol–water partition coefficient (Wildman–Crippen LogP) is 16.2. The molecule has 0 radical (unpaired) electrons. The highest BCUT2D eigenvalue weighted by molar-refractivity contribution is 7.93. The normalized spacial score (nSPS) is 17.6. The highest BCUT2D eigenvalue weighted by Gasteiger charge is 2.42. The number of fused-ring (bicyclic) bond motifs is 3. The first-order chi connectivity index (χ1) is 47.1. The van der Waals surface area contributed by atoms with E-state index in [2.05, 4.69) is 15.0 Å². The van der Waals surface area contributed by atoms with E-state index in [-0.39, 0.29) is 130 Å². The number of amides is 1. The summed E-state index contributed by atoms with van der Waals surface area (Å²) < 4.78 is 178. The number of piperidine rings is 3. The number of likely N-dealkylation sites (tertiary alicyclic amines) is 3. The van der Waals surface area contributed by atoms with E-state index in [9.17, 15) is 61.1 Å². The number of alkyl halides is 4. The van der Waals surface area contributed by atoms with E-state index in [1.165, 1.54) is 23.1 Å². The van der Waals surface area contributed by atoms with Gasteiger partial charge in [-0.25, -0.2) is 71.0 Å². The Morgan fingerprint density at radius 3 is 1.07 bits per heavy atom. The van der Waals surface area contributed by atoms with Gasteiger partial charge in [0.25, 0.3) is 12.9 Å². The minimum Gasteiger partial charge on any atom is -0.504 e. The molecule has 33 heteroatoms. The van der Waals surface area contributed by atoms with Crippen LogP contribution in [0.25, 0.3) is 33.3 Å². The van der Waals surface area contributed by atoms with Crippen LogP contribution in [0.1, 0.15) is 171 Å². The van der Waals surface area contributed by atoms with E-state index in [0.717, 1.165) is 19.3 Å². The van der Waals surface area contributed by atoms with Gasteiger partial charge >= 0.3 is 6.09 Å². The summed E-state index contributed by atoms with van der Waals surface area (Å²) in [4.78, 5) is 29.9. The number of carbonyl (C=O) groups is 1. The number of oxazole rings is 3. The highest BCUT2D eigenvalue weighted by atomic mass is 35.5. The van der Waals surface area contributed by atoms with Crippen molar-refractivity contribution in [3.63, 3.8) is 0 Å². The summed E-state index contributed by atoms with van der Waals surface area (Å²) in [6.07, 6.45) is 0.648. The van der Waals surface area contributed by atoms with Crippen LogP contribution in [-0.4, -0.2) is 166 Å². The van der Waals surface area contributed by atoms with Crippen molar-refractivity contribution in [2.24, 2.45) is 0 Å². The Kier molecular flexibility index (Phi) is 25.9. The van der Waals surface area contributed by atoms with Crippen molar-refractivity contribution < 1.29 is 79.1 Å². The van der Waals surface area contributed by atoms with Crippen LogP contribution in [0.2, 0.25) is 20.1 Å². The molecule has 102 heavy (non-hydrogen) atoms. The number of hydrogen-bond donors (Lipinski definition) is 2. The van der Waals surface area contributed by atoms with Crippen molar-refractivity contribution in [3.05, 3.63) is 86.3 Å². The number of rotatable bonds is 12. The zero-order valence-corrected chi connectivity index (χ0v) is 65.5. The van der Waals surface area contributed by atoms with Crippen molar-refractivity contribution in [3.8, 4) is 5.75 Å². The van der Waals surface area contributed by atoms with Gasteiger partial charge in [0, 0.05) is 29.3 Å². The van der Waals surface area contributed by atoms with Gasteiger partial charge in [0.05, 0.1) is 59.9 Å². The Morgan fingerprint density at radius 1 is 0.480 bits per heavy atom. The number of phenols is 1. The van der Waals surface area contributed by atoms with Crippen LogP contribution in [0.4, 0.5) is 28.0 Å². The maximum Gasteiger partial charge on any atom is 0.410 e. The van der Waals surface area contributed by atoms with Gasteiger partial charge in [-0.05, 0) is 147 Å². The summed E-state index contributed by atoms with van der Waals surface area (Å²) >= 11 is 24.7. The molecular formula is C69H91Cl4F4N7O14S4. The van der Waals surface area contributed by atoms with Gasteiger partial charge in [0.15, 0.2) is 61.8 Å². The highest BCUT2D eigenvalue weighted by Crippen LogP contribution is 2.43. The third-order valence-corrected chi connectivity index (χ3v) is 28.8. The summed E-state index contributed by atoms with van der Waals surface area (Å²) in [5.41, 5.74) is 5.94. The Morgan fingerprint density at radius 2 is 0.765 bits per heavy atom. The Hall–Kier alpha value is -5.24. The second-order valence-corrected chi connectivity index (χ2v) is 40.5. The number of halogens is 8. The number of ether oxygens (including phenoxy) is 1. The van der Waals surface area contributed by atoms with Crippen molar-refractivity contribution >= 4 is 131 Å². The molecule has 11 rings (SSSR count). The summed E-state index contributed by atoms with van der Waals surface area (Å²) in [5, 5.41) is 7.76. The number of nitrogens with zero attached hydrogens (tertiary/aromatic N) is 6. The molecular weight excluding hydrogens is 1500 g/mol. The Bertz CT molecular complexity index is 4620. The molecule has 6 heterocycles. The molecule has 566 valence electrons. The molecule has 4 aliphatic rings. The van der Waals surface area contributed by atoms with Gasteiger partial charge in [0.2, 0.25) is 17.7 Å². The van der Waals surface area contributed by atoms with Crippen molar-refractivity contribution in [2.45, 2.75) is 229 Å². The van der Waals surface area contributed by atoms with Gasteiger partial charge in [0.1, 0.15) is 41.7 Å². The smallest absolute Gasteiger partial charge is 0.410 e. The second kappa shape index (κ2) is 32.1. The fourth-order valence-electron chi connectivity index (χ4n) is 12.3. The van der Waals surface area contributed by atoms with E-state index in [0.29, 0.717) is 91.7 Å². The molecule has 4 aromatic carbocycles. The first-order valence-corrected chi connectivity index (χ1v) is 41.3. The number of nitrogen functional groups attached to an aromatic ring is 1. The number of benzene rings is 4. The van der Waals surface area contributed by atoms with Gasteiger partial charge in [-0.3, -0.25) is 9.80 Å². The first kappa shape index (κ1) is 82.4. The number of aromatic nitrogens is 3. The fraction of sp³-hybridized carbons (Fsp3) is 0.594. The summed E-state index contributed by atoms with van der Waals surface area (Å²) in [6.45, 7) is 24.0. The fourth-order valence-corrected chi connectivity index (χ4v) is 22.0. The third kappa shape index (κ3) is 19.3. The monoisotopic (exact) mass is 1590 g/mol. The molecule has 0 unspecified atom stereocenters. The zero-order valence-electron chi connectivity index (χ0n) is 59.2. The number of sulfone groups is 4. The minimum absolute atomic E-state index is 0.0135. The molecule has 0 bridgehead atoms. The predicted molar refractivity (Wildman–Crippen MR) is 388 cm³/mol. The molecule has 3 saturated heterocycles. The Balaban J connectivity index is 0.000000174. The molecule has 1 amide bonds. The molecule has 0 atom stereocenters. The lowest BCUT2D eigenvalue weighted by atomic mass is 9.97. The lowest BCUT2D eigenvalue weighted by molar-refractivity contribution is 0.0217. The van der Waals surface area contributed by atoms with E-state index < -0.39 is 85.4 Å². The summed E-state index contributed by atoms with van der Waals surface area (Å²) in [5.74, 6) is 0.858. The number of nitrogens with two attached hydrogens (primary N) is 1. The van der Waals surface area contributed by atoms with Crippen LogP contribution in [0, 0.1) is 0 Å². The van der Waals surface area contributed by atoms with E-state index in [4.69, 9.17) is 70.1 Å². The second-order valence-electron chi connectivity index (χ2n) is 30.2. The van der Waals surface area contributed by atoms with Crippen molar-refractivity contribution in [1.82, 2.24) is 29.7 Å². The van der Waals surface area contributed by atoms with E-state index in [1.807, 2.05) is 62.3 Å². The van der Waals surface area contributed by atoms with Crippen molar-refractivity contribution in [1.29, 1.82) is 0 Å². The van der Waals surface area contributed by atoms with Crippen LogP contribution < -0.4 is 5.73 Å². The standard InChI is InChI=1S/C21H29ClN2O5S.C18H23ClF2N2O3S.C17H22ClNO3S.C13H17ClF2N2O3S/c1-20(2,3)18-23-15-8-7-14(22)17(16(15)28-18)30(26,27)13-9-11-24(12-10-13)19(25)29-21(4,5)6;1-18(2,3)17-22-13-5-4-12(19)16(15(13)26-17)27(24,25)11-6-8-23(9-7-11)10-14(20)21;1-17(2,3)16-19-13-10-9-12(18)15(14(13)22-16)23(20,21)11-7-5-4-6-8-11;14-9-1-2-10(17)12(19)13(9)22(20,21)8-3-5-18(6-4-8)7-11(15)16/h7-8,13H,9-12H2,1-6H3;4-5,11,14H,6-10H2,1-3H3;9-11H,4-8H2,1-3H3;1-2,8,11,19H,3-7,17H2. The van der Waals surface area contributed by atoms with Crippen molar-refractivity contribution in [2.75, 3.05) is 58.1 Å². The molecule has 21 nitrogen and oxygen atoms in total. The van der Waals surface area contributed by atoms with Gasteiger partial charge < -0.3 is 33.7 Å². The SMILES string of the molecule is CC(C)(C)OC(=O)N1CCC(S(=O)(=O)c2c(Cl)ccc3nc(C(C)(C)C)oc23)CC1.CC(C)(C)c1nc2ccc(Cl)c(S(=O)(=O)C3CCCCC3)c2o1.CC(C)(C)c1nc2ccc(Cl)c(S(=O)(=O)C3CCN(CC(F)F)CC3)c2o1.Nc1ccc(Cl)c(S(=O)(=O)C2CCN(CC(F)F)CC2)c1O. The van der Waals surface area contributed by atoms with Crippen LogP contribution in [0.5, 0.6) is 5.75 Å². The lowest BCUT2D eigenvalue weighted by Crippen LogP contribution is -2.44. The zero-order chi connectivity index (χ0) is 75.8. The minimum atomic E-state index is -3.87. The van der Waals surface area contributed by atoms with Crippen LogP contribution in [-0.2, 0) is 60.3 Å². The largest absolute Gasteiger partial charge is 0.504 e. The summed E-state index contributed by atoms with van der Waals surface area (Å²) in [7, 11) is -15.0.